The average Bonchev–Trinajstić information content (AvgIpc) is 2.53. The van der Waals surface area contributed by atoms with Crippen LogP contribution in [0.2, 0.25) is 0 Å². The first-order valence-electron chi connectivity index (χ1n) is 8.14. The molecule has 2 heterocycles. The zero-order valence-corrected chi connectivity index (χ0v) is 14.2. The molecule has 0 aromatic carbocycles. The molecule has 1 saturated heterocycles. The fourth-order valence-corrected chi connectivity index (χ4v) is 2.81. The van der Waals surface area contributed by atoms with Gasteiger partial charge in [-0.05, 0) is 17.5 Å². The monoisotopic (exact) mass is 318 g/mol. The molecule has 2 rings (SSSR count). The second-order valence-electron chi connectivity index (χ2n) is 6.38. The summed E-state index contributed by atoms with van der Waals surface area (Å²) >= 11 is 0. The van der Waals surface area contributed by atoms with Crippen molar-refractivity contribution in [1.29, 1.82) is 0 Å². The predicted molar refractivity (Wildman–Crippen MR) is 88.5 cm³/mol. The molecule has 1 atom stereocenters. The summed E-state index contributed by atoms with van der Waals surface area (Å²) in [5, 5.41) is 2.78. The van der Waals surface area contributed by atoms with Crippen molar-refractivity contribution in [3.05, 3.63) is 30.1 Å². The van der Waals surface area contributed by atoms with E-state index in [1.54, 1.807) is 6.20 Å². The summed E-state index contributed by atoms with van der Waals surface area (Å²) in [7, 11) is 0. The molecule has 1 aliphatic rings. The van der Waals surface area contributed by atoms with Crippen molar-refractivity contribution < 1.29 is 9.59 Å². The molecule has 0 bridgehead atoms. The Bertz CT molecular complexity index is 525. The van der Waals surface area contributed by atoms with E-state index in [1.807, 2.05) is 31.0 Å². The molecule has 6 nitrogen and oxygen atoms in total. The Balaban J connectivity index is 1.87. The minimum absolute atomic E-state index is 0.0243. The normalized spacial score (nSPS) is 17.1. The first kappa shape index (κ1) is 17.4. The summed E-state index contributed by atoms with van der Waals surface area (Å²) in [4.78, 5) is 32.2. The number of carbonyl (C=O) groups is 2. The zero-order chi connectivity index (χ0) is 16.8. The quantitative estimate of drug-likeness (QED) is 0.875. The highest BCUT2D eigenvalue weighted by atomic mass is 16.2. The minimum atomic E-state index is -0.433. The number of nitrogens with zero attached hydrogens (tertiary/aromatic N) is 3. The first-order chi connectivity index (χ1) is 11.0. The lowest BCUT2D eigenvalue weighted by atomic mass is 10.0. The number of hydrogen-bond donors (Lipinski definition) is 1. The van der Waals surface area contributed by atoms with Gasteiger partial charge in [-0.25, -0.2) is 0 Å². The number of carbonyl (C=O) groups excluding carboxylic acids is 2. The summed E-state index contributed by atoms with van der Waals surface area (Å²) in [5.41, 5.74) is 1.19. The summed E-state index contributed by atoms with van der Waals surface area (Å²) in [5.74, 6) is -0.0525. The van der Waals surface area contributed by atoms with Crippen molar-refractivity contribution in [3.8, 4) is 0 Å². The van der Waals surface area contributed by atoms with E-state index in [1.165, 1.54) is 12.5 Å². The molecule has 0 spiro atoms. The number of aromatic nitrogens is 1. The molecule has 1 aromatic rings. The first-order valence-corrected chi connectivity index (χ1v) is 8.14. The van der Waals surface area contributed by atoms with Crippen molar-refractivity contribution in [3.63, 3.8) is 0 Å². The molecule has 1 aromatic heterocycles. The summed E-state index contributed by atoms with van der Waals surface area (Å²) < 4.78 is 0. The topological polar surface area (TPSA) is 65.5 Å². The third-order valence-corrected chi connectivity index (χ3v) is 4.10. The highest BCUT2D eigenvalue weighted by Crippen LogP contribution is 2.11. The van der Waals surface area contributed by atoms with Gasteiger partial charge in [0.25, 0.3) is 0 Å². The van der Waals surface area contributed by atoms with Crippen LogP contribution in [-0.4, -0.2) is 58.8 Å². The van der Waals surface area contributed by atoms with Gasteiger partial charge in [0.05, 0.1) is 0 Å². The lowest BCUT2D eigenvalue weighted by Gasteiger charge is -2.37. The smallest absolute Gasteiger partial charge is 0.245 e. The van der Waals surface area contributed by atoms with Gasteiger partial charge >= 0.3 is 0 Å². The average molecular weight is 318 g/mol. The van der Waals surface area contributed by atoms with Gasteiger partial charge in [0.1, 0.15) is 6.04 Å². The molecule has 1 fully saturated rings. The number of nitrogens with one attached hydrogen (secondary N) is 1. The predicted octanol–water partition coefficient (Wildman–Crippen LogP) is 0.887. The van der Waals surface area contributed by atoms with E-state index in [-0.39, 0.29) is 17.7 Å². The van der Waals surface area contributed by atoms with Crippen LogP contribution in [0.5, 0.6) is 0 Å². The van der Waals surface area contributed by atoms with E-state index in [2.05, 4.69) is 21.3 Å². The molecule has 6 heteroatoms. The molecule has 1 aliphatic heterocycles. The lowest BCUT2D eigenvalue weighted by molar-refractivity contribution is -0.138. The van der Waals surface area contributed by atoms with Crippen LogP contribution < -0.4 is 5.32 Å². The van der Waals surface area contributed by atoms with Gasteiger partial charge in [-0.1, -0.05) is 19.9 Å². The lowest BCUT2D eigenvalue weighted by Crippen LogP contribution is -2.56. The maximum absolute atomic E-state index is 12.6. The van der Waals surface area contributed by atoms with Crippen molar-refractivity contribution in [2.45, 2.75) is 33.4 Å². The molecule has 0 saturated carbocycles. The maximum atomic E-state index is 12.6. The van der Waals surface area contributed by atoms with Gasteiger partial charge in [-0.3, -0.25) is 19.5 Å². The van der Waals surface area contributed by atoms with E-state index in [0.29, 0.717) is 13.1 Å². The molecule has 23 heavy (non-hydrogen) atoms. The Labute approximate surface area is 137 Å². The van der Waals surface area contributed by atoms with Crippen LogP contribution in [0.25, 0.3) is 0 Å². The van der Waals surface area contributed by atoms with Gasteiger partial charge in [-0.2, -0.15) is 0 Å². The van der Waals surface area contributed by atoms with Crippen LogP contribution >= 0.6 is 0 Å². The molecule has 1 N–H and O–H groups in total. The largest absolute Gasteiger partial charge is 0.344 e. The van der Waals surface area contributed by atoms with Crippen LogP contribution in [0.15, 0.2) is 24.5 Å². The number of hydrogen-bond acceptors (Lipinski definition) is 4. The maximum Gasteiger partial charge on any atom is 0.245 e. The second-order valence-corrected chi connectivity index (χ2v) is 6.38. The van der Waals surface area contributed by atoms with Crippen LogP contribution in [-0.2, 0) is 16.1 Å². The van der Waals surface area contributed by atoms with E-state index in [0.717, 1.165) is 19.6 Å². The second kappa shape index (κ2) is 8.06. The SMILES string of the molecule is CC(=O)NC(C(=O)N1CCN(Cc2cccnc2)CC1)C(C)C. The molecule has 0 aliphatic carbocycles. The fourth-order valence-electron chi connectivity index (χ4n) is 2.81. The Morgan fingerprint density at radius 1 is 1.26 bits per heavy atom. The van der Waals surface area contributed by atoms with Crippen molar-refractivity contribution in [2.24, 2.45) is 5.92 Å². The summed E-state index contributed by atoms with van der Waals surface area (Å²) in [6, 6.07) is 3.57. The van der Waals surface area contributed by atoms with Crippen LogP contribution in [0.3, 0.4) is 0 Å². The van der Waals surface area contributed by atoms with Crippen molar-refractivity contribution in [2.75, 3.05) is 26.2 Å². The minimum Gasteiger partial charge on any atom is -0.344 e. The molecule has 126 valence electrons. The van der Waals surface area contributed by atoms with Gasteiger partial charge in [0.2, 0.25) is 11.8 Å². The van der Waals surface area contributed by atoms with Crippen LogP contribution in [0.4, 0.5) is 0 Å². The van der Waals surface area contributed by atoms with E-state index < -0.39 is 6.04 Å². The fraction of sp³-hybridized carbons (Fsp3) is 0.588. The van der Waals surface area contributed by atoms with E-state index >= 15 is 0 Å². The molecule has 2 amide bonds. The Morgan fingerprint density at radius 2 is 1.96 bits per heavy atom. The highest BCUT2D eigenvalue weighted by Gasteiger charge is 2.29. The third-order valence-electron chi connectivity index (χ3n) is 4.10. The van der Waals surface area contributed by atoms with Crippen LogP contribution in [0.1, 0.15) is 26.3 Å². The van der Waals surface area contributed by atoms with Gasteiger partial charge < -0.3 is 10.2 Å². The number of piperazine rings is 1. The Hall–Kier alpha value is -1.95. The number of amides is 2. The molecule has 1 unspecified atom stereocenters. The van der Waals surface area contributed by atoms with Crippen LogP contribution in [0, 0.1) is 5.92 Å². The van der Waals surface area contributed by atoms with E-state index in [4.69, 9.17) is 0 Å². The summed E-state index contributed by atoms with van der Waals surface area (Å²) in [6.07, 6.45) is 3.65. The van der Waals surface area contributed by atoms with Gasteiger partial charge in [-0.15, -0.1) is 0 Å². The Morgan fingerprint density at radius 3 is 2.48 bits per heavy atom. The van der Waals surface area contributed by atoms with Crippen molar-refractivity contribution >= 4 is 11.8 Å². The van der Waals surface area contributed by atoms with E-state index in [9.17, 15) is 9.59 Å². The van der Waals surface area contributed by atoms with Gasteiger partial charge in [0, 0.05) is 52.0 Å². The molecule has 0 radical (unpaired) electrons. The zero-order valence-electron chi connectivity index (χ0n) is 14.2. The highest BCUT2D eigenvalue weighted by molar-refractivity contribution is 5.87. The standard InChI is InChI=1S/C17H26N4O2/c1-13(2)16(19-14(3)22)17(23)21-9-7-20(8-10-21)12-15-5-4-6-18-11-15/h4-6,11,13,16H,7-10,12H2,1-3H3,(H,19,22). The van der Waals surface area contributed by atoms with Gasteiger partial charge in [0.15, 0.2) is 0 Å². The van der Waals surface area contributed by atoms with Crippen molar-refractivity contribution in [1.82, 2.24) is 20.1 Å². The molecular formula is C17H26N4O2. The molecular weight excluding hydrogens is 292 g/mol. The number of rotatable bonds is 5. The third kappa shape index (κ3) is 5.03. The number of pyridine rings is 1. The Kier molecular flexibility index (Phi) is 6.10. The summed E-state index contributed by atoms with van der Waals surface area (Å²) in [6.45, 7) is 9.29.